The second-order valence-corrected chi connectivity index (χ2v) is 5.97. The van der Waals surface area contributed by atoms with Crippen molar-refractivity contribution >= 4 is 5.96 Å². The van der Waals surface area contributed by atoms with Gasteiger partial charge >= 0.3 is 0 Å². The van der Waals surface area contributed by atoms with Gasteiger partial charge in [0.15, 0.2) is 0 Å². The number of nitrogens with one attached hydrogen (secondary N) is 1. The fourth-order valence-corrected chi connectivity index (χ4v) is 2.18. The molecule has 0 unspecified atom stereocenters. The zero-order chi connectivity index (χ0) is 12.5. The van der Waals surface area contributed by atoms with Crippen molar-refractivity contribution in [3.63, 3.8) is 0 Å². The first kappa shape index (κ1) is 12.6. The quantitative estimate of drug-likeness (QED) is 0.301. The van der Waals surface area contributed by atoms with Crippen molar-refractivity contribution in [1.29, 1.82) is 0 Å². The number of nitrogens with two attached hydrogens (primary N) is 1. The lowest BCUT2D eigenvalue weighted by Crippen LogP contribution is -2.57. The largest absolute Gasteiger partial charge is 0.339 e. The molecule has 1 heterocycles. The molecule has 1 saturated carbocycles. The van der Waals surface area contributed by atoms with Gasteiger partial charge in [0.2, 0.25) is 5.96 Å². The molecule has 0 aromatic carbocycles. The summed E-state index contributed by atoms with van der Waals surface area (Å²) in [6.45, 7) is 11.0. The standard InChI is InChI=1S/C12H25N5/c1-12(2,3)17-8-6-16(7-9-17)11(15-13)14-10-4-5-10/h10H,4-9,13H2,1-3H3,(H,14,15). The van der Waals surface area contributed by atoms with Crippen LogP contribution in [0.15, 0.2) is 4.99 Å². The molecule has 5 heteroatoms. The van der Waals surface area contributed by atoms with Crippen LogP contribution in [-0.2, 0) is 0 Å². The van der Waals surface area contributed by atoms with Gasteiger partial charge < -0.3 is 4.90 Å². The first-order valence-electron chi connectivity index (χ1n) is 6.55. The Kier molecular flexibility index (Phi) is 3.58. The zero-order valence-corrected chi connectivity index (χ0v) is 11.2. The summed E-state index contributed by atoms with van der Waals surface area (Å²) in [6, 6.07) is 0.515. The highest BCUT2D eigenvalue weighted by atomic mass is 15.4. The van der Waals surface area contributed by atoms with Gasteiger partial charge in [-0.3, -0.25) is 10.3 Å². The topological polar surface area (TPSA) is 56.9 Å². The van der Waals surface area contributed by atoms with Gasteiger partial charge in [-0.25, -0.2) is 10.8 Å². The summed E-state index contributed by atoms with van der Waals surface area (Å²) in [7, 11) is 0. The predicted octanol–water partition coefficient (Wildman–Crippen LogP) is 0.384. The third-order valence-electron chi connectivity index (χ3n) is 3.51. The average molecular weight is 239 g/mol. The number of piperazine rings is 1. The number of rotatable bonds is 1. The molecule has 0 amide bonds. The maximum absolute atomic E-state index is 5.56. The van der Waals surface area contributed by atoms with Crippen LogP contribution < -0.4 is 11.3 Å². The van der Waals surface area contributed by atoms with E-state index in [9.17, 15) is 0 Å². The molecule has 0 aromatic heterocycles. The van der Waals surface area contributed by atoms with Crippen molar-refractivity contribution in [3.8, 4) is 0 Å². The molecule has 1 aliphatic heterocycles. The summed E-state index contributed by atoms with van der Waals surface area (Å²) in [4.78, 5) is 9.38. The van der Waals surface area contributed by atoms with E-state index < -0.39 is 0 Å². The highest BCUT2D eigenvalue weighted by Crippen LogP contribution is 2.24. The molecule has 0 bridgehead atoms. The molecule has 98 valence electrons. The van der Waals surface area contributed by atoms with Crippen LogP contribution in [0.1, 0.15) is 33.6 Å². The van der Waals surface area contributed by atoms with Crippen LogP contribution in [0.4, 0.5) is 0 Å². The molecule has 0 aromatic rings. The van der Waals surface area contributed by atoms with Crippen LogP contribution in [0.2, 0.25) is 0 Å². The molecule has 1 aliphatic carbocycles. The van der Waals surface area contributed by atoms with Crippen LogP contribution in [0, 0.1) is 0 Å². The van der Waals surface area contributed by atoms with E-state index in [1.807, 2.05) is 0 Å². The van der Waals surface area contributed by atoms with Gasteiger partial charge in [0.25, 0.3) is 0 Å². The van der Waals surface area contributed by atoms with Crippen molar-refractivity contribution in [1.82, 2.24) is 15.2 Å². The summed E-state index contributed by atoms with van der Waals surface area (Å²) in [5, 5.41) is 0. The molecule has 2 rings (SSSR count). The van der Waals surface area contributed by atoms with E-state index in [2.05, 4.69) is 41.0 Å². The van der Waals surface area contributed by atoms with E-state index in [1.54, 1.807) is 0 Å². The highest BCUT2D eigenvalue weighted by molar-refractivity contribution is 5.79. The molecule has 5 nitrogen and oxygen atoms in total. The molecule has 2 fully saturated rings. The minimum absolute atomic E-state index is 0.260. The van der Waals surface area contributed by atoms with Crippen molar-refractivity contribution in [2.75, 3.05) is 26.2 Å². The van der Waals surface area contributed by atoms with Gasteiger partial charge in [-0.15, -0.1) is 0 Å². The smallest absolute Gasteiger partial charge is 0.208 e. The van der Waals surface area contributed by atoms with Crippen LogP contribution in [0.25, 0.3) is 0 Å². The number of hydrogen-bond acceptors (Lipinski definition) is 3. The van der Waals surface area contributed by atoms with Crippen LogP contribution in [0.5, 0.6) is 0 Å². The second-order valence-electron chi connectivity index (χ2n) is 5.97. The molecular weight excluding hydrogens is 214 g/mol. The van der Waals surface area contributed by atoms with Crippen molar-refractivity contribution in [3.05, 3.63) is 0 Å². The lowest BCUT2D eigenvalue weighted by molar-refractivity contribution is 0.0869. The van der Waals surface area contributed by atoms with Gasteiger partial charge in [0.05, 0.1) is 6.04 Å². The van der Waals surface area contributed by atoms with Gasteiger partial charge in [-0.2, -0.15) is 0 Å². The van der Waals surface area contributed by atoms with Gasteiger partial charge in [0, 0.05) is 31.7 Å². The zero-order valence-electron chi connectivity index (χ0n) is 11.2. The number of aliphatic imine (C=N–C) groups is 1. The van der Waals surface area contributed by atoms with Crippen molar-refractivity contribution in [2.45, 2.75) is 45.2 Å². The number of nitrogens with zero attached hydrogens (tertiary/aromatic N) is 3. The summed E-state index contributed by atoms with van der Waals surface area (Å²) in [6.07, 6.45) is 2.43. The fourth-order valence-electron chi connectivity index (χ4n) is 2.18. The Bertz CT molecular complexity index is 282. The first-order valence-corrected chi connectivity index (χ1v) is 6.55. The van der Waals surface area contributed by atoms with Crippen LogP contribution >= 0.6 is 0 Å². The Morgan fingerprint density at radius 2 is 1.76 bits per heavy atom. The number of guanidine groups is 1. The summed E-state index contributed by atoms with van der Waals surface area (Å²) in [5.74, 6) is 6.44. The third-order valence-corrected chi connectivity index (χ3v) is 3.51. The Balaban J connectivity index is 1.89. The second kappa shape index (κ2) is 4.82. The Morgan fingerprint density at radius 1 is 1.18 bits per heavy atom. The molecule has 0 radical (unpaired) electrons. The molecule has 2 aliphatic rings. The van der Waals surface area contributed by atoms with E-state index in [-0.39, 0.29) is 5.54 Å². The molecular formula is C12H25N5. The maximum atomic E-state index is 5.56. The Morgan fingerprint density at radius 3 is 2.18 bits per heavy atom. The van der Waals surface area contributed by atoms with E-state index in [0.29, 0.717) is 6.04 Å². The average Bonchev–Trinajstić information content (AvgIpc) is 3.09. The van der Waals surface area contributed by atoms with Crippen LogP contribution in [-0.4, -0.2) is 53.5 Å². The maximum Gasteiger partial charge on any atom is 0.208 e. The monoisotopic (exact) mass is 239 g/mol. The summed E-state index contributed by atoms with van der Waals surface area (Å²) >= 11 is 0. The lowest BCUT2D eigenvalue weighted by Gasteiger charge is -2.42. The van der Waals surface area contributed by atoms with E-state index >= 15 is 0 Å². The Hall–Kier alpha value is -0.810. The van der Waals surface area contributed by atoms with Crippen LogP contribution in [0.3, 0.4) is 0 Å². The van der Waals surface area contributed by atoms with Gasteiger partial charge in [-0.1, -0.05) is 0 Å². The minimum atomic E-state index is 0.260. The first-order chi connectivity index (χ1) is 8.00. The third kappa shape index (κ3) is 3.33. The molecule has 1 saturated heterocycles. The minimum Gasteiger partial charge on any atom is -0.339 e. The fraction of sp³-hybridized carbons (Fsp3) is 0.917. The molecule has 3 N–H and O–H groups in total. The van der Waals surface area contributed by atoms with Gasteiger partial charge in [-0.05, 0) is 33.6 Å². The SMILES string of the molecule is CC(C)(C)N1CCN(C(=NC2CC2)NN)CC1. The number of hydrogen-bond donors (Lipinski definition) is 2. The van der Waals surface area contributed by atoms with E-state index in [4.69, 9.17) is 5.84 Å². The number of hydrazine groups is 1. The molecule has 0 spiro atoms. The predicted molar refractivity (Wildman–Crippen MR) is 70.7 cm³/mol. The summed E-state index contributed by atoms with van der Waals surface area (Å²) < 4.78 is 0. The lowest BCUT2D eigenvalue weighted by atomic mass is 10.1. The molecule has 0 atom stereocenters. The highest BCUT2D eigenvalue weighted by Gasteiger charge is 2.28. The van der Waals surface area contributed by atoms with E-state index in [0.717, 1.165) is 32.1 Å². The van der Waals surface area contributed by atoms with Gasteiger partial charge in [0.1, 0.15) is 0 Å². The van der Waals surface area contributed by atoms with E-state index in [1.165, 1.54) is 12.8 Å². The normalized spacial score (nSPS) is 24.0. The molecule has 17 heavy (non-hydrogen) atoms. The summed E-state index contributed by atoms with van der Waals surface area (Å²) in [5.41, 5.74) is 3.01. The van der Waals surface area contributed by atoms with Crippen molar-refractivity contribution in [2.24, 2.45) is 10.8 Å². The Labute approximate surface area is 104 Å². The van der Waals surface area contributed by atoms with Crippen molar-refractivity contribution < 1.29 is 0 Å².